The third-order valence-electron chi connectivity index (χ3n) is 7.49. The van der Waals surface area contributed by atoms with Gasteiger partial charge in [0, 0.05) is 29.2 Å². The summed E-state index contributed by atoms with van der Waals surface area (Å²) in [7, 11) is 0. The second-order valence-electron chi connectivity index (χ2n) is 9.83. The lowest BCUT2D eigenvalue weighted by Crippen LogP contribution is -2.52. The summed E-state index contributed by atoms with van der Waals surface area (Å²) >= 11 is 1.75. The van der Waals surface area contributed by atoms with Crippen LogP contribution in [0.1, 0.15) is 78.4 Å². The molecule has 5 nitrogen and oxygen atoms in total. The van der Waals surface area contributed by atoms with Crippen molar-refractivity contribution in [1.29, 1.82) is 0 Å². The number of nitrogens with zero attached hydrogens (tertiary/aromatic N) is 1. The predicted molar refractivity (Wildman–Crippen MR) is 133 cm³/mol. The number of fused-ring (bicyclic) bond motifs is 1. The zero-order chi connectivity index (χ0) is 23.5. The van der Waals surface area contributed by atoms with Gasteiger partial charge < -0.3 is 4.90 Å². The van der Waals surface area contributed by atoms with Crippen molar-refractivity contribution >= 4 is 29.5 Å². The van der Waals surface area contributed by atoms with Crippen LogP contribution in [0.4, 0.5) is 0 Å². The highest BCUT2D eigenvalue weighted by Crippen LogP contribution is 2.36. The van der Waals surface area contributed by atoms with Crippen molar-refractivity contribution in [2.24, 2.45) is 5.92 Å². The van der Waals surface area contributed by atoms with Crippen molar-refractivity contribution in [3.05, 3.63) is 64.7 Å². The predicted octanol–water partition coefficient (Wildman–Crippen LogP) is 5.25. The van der Waals surface area contributed by atoms with Crippen LogP contribution in [0.25, 0.3) is 0 Å². The molecule has 3 amide bonds. The first-order chi connectivity index (χ1) is 16.6. The molecule has 34 heavy (non-hydrogen) atoms. The van der Waals surface area contributed by atoms with Crippen molar-refractivity contribution in [3.8, 4) is 0 Å². The van der Waals surface area contributed by atoms with E-state index in [9.17, 15) is 14.4 Å². The topological polar surface area (TPSA) is 66.5 Å². The Bertz CT molecular complexity index is 1090. The Balaban J connectivity index is 1.23. The van der Waals surface area contributed by atoms with Gasteiger partial charge in [0.1, 0.15) is 6.04 Å². The van der Waals surface area contributed by atoms with Crippen LogP contribution in [0.3, 0.4) is 0 Å². The lowest BCUT2D eigenvalue weighted by molar-refractivity contribution is -0.136. The largest absolute Gasteiger partial charge is 0.322 e. The molecule has 2 fully saturated rings. The minimum Gasteiger partial charge on any atom is -0.322 e. The number of benzene rings is 2. The lowest BCUT2D eigenvalue weighted by atomic mass is 9.85. The first-order valence-corrected chi connectivity index (χ1v) is 13.5. The van der Waals surface area contributed by atoms with Gasteiger partial charge in [-0.15, -0.1) is 11.8 Å². The van der Waals surface area contributed by atoms with Crippen LogP contribution in [0.5, 0.6) is 0 Å². The smallest absolute Gasteiger partial charge is 0.255 e. The van der Waals surface area contributed by atoms with Crippen LogP contribution >= 0.6 is 11.8 Å². The van der Waals surface area contributed by atoms with Gasteiger partial charge in [0.2, 0.25) is 11.8 Å². The van der Waals surface area contributed by atoms with Crippen LogP contribution in [0.2, 0.25) is 0 Å². The number of thioether (sulfide) groups is 1. The monoisotopic (exact) mass is 476 g/mol. The van der Waals surface area contributed by atoms with Gasteiger partial charge in [-0.3, -0.25) is 19.7 Å². The summed E-state index contributed by atoms with van der Waals surface area (Å²) in [6, 6.07) is 14.2. The highest BCUT2D eigenvalue weighted by molar-refractivity contribution is 7.98. The number of hydrogen-bond acceptors (Lipinski definition) is 4. The number of amides is 3. The summed E-state index contributed by atoms with van der Waals surface area (Å²) in [5, 5.41) is 2.37. The number of piperidine rings is 1. The molecule has 178 valence electrons. The molecule has 0 spiro atoms. The van der Waals surface area contributed by atoms with E-state index in [0.29, 0.717) is 18.5 Å². The maximum absolute atomic E-state index is 13.0. The summed E-state index contributed by atoms with van der Waals surface area (Å²) in [5.74, 6) is 1.000. The first kappa shape index (κ1) is 23.2. The van der Waals surface area contributed by atoms with Gasteiger partial charge in [-0.05, 0) is 54.0 Å². The van der Waals surface area contributed by atoms with E-state index in [1.165, 1.54) is 49.7 Å². The molecular formula is C28H32N2O3S. The highest BCUT2D eigenvalue weighted by atomic mass is 32.2. The molecule has 1 N–H and O–H groups in total. The molecule has 3 aliphatic rings. The van der Waals surface area contributed by atoms with E-state index in [0.717, 1.165) is 28.6 Å². The van der Waals surface area contributed by atoms with Crippen molar-refractivity contribution in [1.82, 2.24) is 10.2 Å². The minimum absolute atomic E-state index is 0.114. The molecule has 2 aromatic carbocycles. The quantitative estimate of drug-likeness (QED) is 0.438. The fourth-order valence-corrected chi connectivity index (χ4v) is 6.60. The second kappa shape index (κ2) is 10.3. The van der Waals surface area contributed by atoms with E-state index in [-0.39, 0.29) is 24.1 Å². The average molecular weight is 477 g/mol. The van der Waals surface area contributed by atoms with Crippen molar-refractivity contribution in [2.45, 2.75) is 81.0 Å². The third kappa shape index (κ3) is 5.07. The molecule has 2 aromatic rings. The molecule has 1 saturated heterocycles. The molecule has 0 radical (unpaired) electrons. The van der Waals surface area contributed by atoms with Crippen LogP contribution in [-0.2, 0) is 28.3 Å². The Morgan fingerprint density at radius 1 is 0.941 bits per heavy atom. The third-order valence-corrected chi connectivity index (χ3v) is 8.66. The Hall–Kier alpha value is -2.60. The number of carbonyl (C=O) groups is 3. The van der Waals surface area contributed by atoms with E-state index in [1.54, 1.807) is 16.7 Å². The SMILES string of the molecule is O=C1CCC(N2Cc3c(SCc4cccc(CCC5CCCCC5)c4)cccc3C2=O)C(=O)N1. The summed E-state index contributed by atoms with van der Waals surface area (Å²) in [4.78, 5) is 39.6. The van der Waals surface area contributed by atoms with Gasteiger partial charge in [-0.1, -0.05) is 62.4 Å². The Morgan fingerprint density at radius 2 is 1.74 bits per heavy atom. The minimum atomic E-state index is -0.573. The molecule has 6 heteroatoms. The normalized spacial score (nSPS) is 21.0. The molecule has 2 aliphatic heterocycles. The van der Waals surface area contributed by atoms with Crippen LogP contribution < -0.4 is 5.32 Å². The van der Waals surface area contributed by atoms with E-state index in [2.05, 4.69) is 35.6 Å². The van der Waals surface area contributed by atoms with Gasteiger partial charge in [-0.2, -0.15) is 0 Å². The van der Waals surface area contributed by atoms with E-state index in [1.807, 2.05) is 12.1 Å². The number of rotatable bonds is 7. The van der Waals surface area contributed by atoms with Crippen molar-refractivity contribution in [2.75, 3.05) is 0 Å². The molecule has 1 atom stereocenters. The second-order valence-corrected chi connectivity index (χ2v) is 10.9. The molecule has 1 unspecified atom stereocenters. The fourth-order valence-electron chi connectivity index (χ4n) is 5.58. The van der Waals surface area contributed by atoms with Gasteiger partial charge in [-0.25, -0.2) is 0 Å². The van der Waals surface area contributed by atoms with Crippen LogP contribution in [-0.4, -0.2) is 28.7 Å². The molecule has 0 bridgehead atoms. The maximum Gasteiger partial charge on any atom is 0.255 e. The lowest BCUT2D eigenvalue weighted by Gasteiger charge is -2.29. The fraction of sp³-hybridized carbons (Fsp3) is 0.464. The summed E-state index contributed by atoms with van der Waals surface area (Å²) < 4.78 is 0. The molecule has 0 aromatic heterocycles. The molecular weight excluding hydrogens is 444 g/mol. The summed E-state index contributed by atoms with van der Waals surface area (Å²) in [6.45, 7) is 0.422. The zero-order valence-corrected chi connectivity index (χ0v) is 20.4. The molecule has 1 saturated carbocycles. The Labute approximate surface area is 205 Å². The van der Waals surface area contributed by atoms with Gasteiger partial charge in [0.25, 0.3) is 5.91 Å². The maximum atomic E-state index is 13.0. The van der Waals surface area contributed by atoms with Crippen molar-refractivity contribution < 1.29 is 14.4 Å². The zero-order valence-electron chi connectivity index (χ0n) is 19.6. The number of hydrogen-bond donors (Lipinski definition) is 1. The highest BCUT2D eigenvalue weighted by Gasteiger charge is 2.39. The standard InChI is InChI=1S/C28H32N2O3S/c31-26-15-14-24(27(32)29-26)30-17-23-22(28(30)33)10-5-11-25(23)34-18-21-9-4-8-20(16-21)13-12-19-6-2-1-3-7-19/h4-5,8-11,16,19,24H,1-3,6-7,12-15,17-18H2,(H,29,31,32). The van der Waals surface area contributed by atoms with E-state index in [4.69, 9.17) is 0 Å². The molecule has 2 heterocycles. The van der Waals surface area contributed by atoms with Gasteiger partial charge in [0.15, 0.2) is 0 Å². The van der Waals surface area contributed by atoms with Gasteiger partial charge >= 0.3 is 0 Å². The Morgan fingerprint density at radius 3 is 2.56 bits per heavy atom. The number of imide groups is 1. The van der Waals surface area contributed by atoms with E-state index >= 15 is 0 Å². The first-order valence-electron chi connectivity index (χ1n) is 12.6. The molecule has 1 aliphatic carbocycles. The summed E-state index contributed by atoms with van der Waals surface area (Å²) in [5.41, 5.74) is 4.39. The number of carbonyl (C=O) groups excluding carboxylic acids is 3. The average Bonchev–Trinajstić information content (AvgIpc) is 3.19. The number of aryl methyl sites for hydroxylation is 1. The molecule has 5 rings (SSSR count). The van der Waals surface area contributed by atoms with Gasteiger partial charge in [0.05, 0.1) is 0 Å². The van der Waals surface area contributed by atoms with E-state index < -0.39 is 6.04 Å². The van der Waals surface area contributed by atoms with Crippen LogP contribution in [0, 0.1) is 5.92 Å². The number of nitrogens with one attached hydrogen (secondary N) is 1. The Kier molecular flexibility index (Phi) is 7.05. The van der Waals surface area contributed by atoms with Crippen LogP contribution in [0.15, 0.2) is 47.4 Å². The van der Waals surface area contributed by atoms with Crippen molar-refractivity contribution in [3.63, 3.8) is 0 Å². The summed E-state index contributed by atoms with van der Waals surface area (Å²) in [6.07, 6.45) is 10.1.